The van der Waals surface area contributed by atoms with Crippen LogP contribution in [-0.2, 0) is 0 Å². The summed E-state index contributed by atoms with van der Waals surface area (Å²) in [7, 11) is 1.53. The Hall–Kier alpha value is -3.88. The summed E-state index contributed by atoms with van der Waals surface area (Å²) in [6.07, 6.45) is 4.03. The Bertz CT molecular complexity index is 1460. The number of phenolic OH excluding ortho intramolecular Hbond substituents is 1. The Labute approximate surface area is 203 Å². The zero-order chi connectivity index (χ0) is 24.2. The van der Waals surface area contributed by atoms with Crippen molar-refractivity contribution in [1.82, 2.24) is 0 Å². The summed E-state index contributed by atoms with van der Waals surface area (Å²) in [5, 5.41) is 24.2. The quantitative estimate of drug-likeness (QED) is 0.418. The maximum Gasteiger partial charge on any atom is 0.172 e. The predicted octanol–water partition coefficient (Wildman–Crippen LogP) is 7.09. The van der Waals surface area contributed by atoms with Crippen LogP contribution in [0, 0.1) is 11.3 Å². The molecule has 2 N–H and O–H groups in total. The Morgan fingerprint density at radius 2 is 1.91 bits per heavy atom. The minimum Gasteiger partial charge on any atom is -0.504 e. The molecule has 0 unspecified atom stereocenters. The monoisotopic (exact) mass is 470 g/mol. The fraction of sp³-hybridized carbons (Fsp3) is 0.179. The van der Waals surface area contributed by atoms with Gasteiger partial charge in [0, 0.05) is 22.4 Å². The molecule has 0 aromatic heterocycles. The first-order chi connectivity index (χ1) is 16.2. The minimum atomic E-state index is -0.209. The van der Waals surface area contributed by atoms with Crippen LogP contribution >= 0.6 is 11.6 Å². The number of methoxy groups -OCH3 is 1. The van der Waals surface area contributed by atoms with Crippen LogP contribution < -0.4 is 14.8 Å². The molecule has 3 aromatic carbocycles. The van der Waals surface area contributed by atoms with E-state index in [9.17, 15) is 10.4 Å². The number of ether oxygens (including phenoxy) is 2. The number of nitrogens with zero attached hydrogens (tertiary/aromatic N) is 1. The lowest BCUT2D eigenvalue weighted by atomic mass is 9.82. The summed E-state index contributed by atoms with van der Waals surface area (Å²) in [5.41, 5.74) is 6.32. The normalized spacial score (nSPS) is 16.2. The van der Waals surface area contributed by atoms with Gasteiger partial charge in [0.15, 0.2) is 11.5 Å². The van der Waals surface area contributed by atoms with Crippen molar-refractivity contribution >= 4 is 34.7 Å². The highest BCUT2D eigenvalue weighted by molar-refractivity contribution is 6.32. The number of hydrogen-bond donors (Lipinski definition) is 2. The van der Waals surface area contributed by atoms with Gasteiger partial charge in [-0.15, -0.1) is 0 Å². The van der Waals surface area contributed by atoms with E-state index in [4.69, 9.17) is 21.1 Å². The van der Waals surface area contributed by atoms with Gasteiger partial charge in [0.25, 0.3) is 0 Å². The molecule has 0 amide bonds. The smallest absolute Gasteiger partial charge is 0.172 e. The number of rotatable bonds is 2. The molecule has 34 heavy (non-hydrogen) atoms. The molecule has 0 radical (unpaired) electrons. The van der Waals surface area contributed by atoms with E-state index in [1.165, 1.54) is 7.11 Å². The SMILES string of the molecule is COc1c(O)ccc2c1-c1ccc3c(c1C(=Cc1cccc(Cl)c1C#N)O2)C(C)=CC(C)(C)N3. The first-order valence-corrected chi connectivity index (χ1v) is 11.3. The lowest BCUT2D eigenvalue weighted by Crippen LogP contribution is -2.32. The number of nitriles is 1. The third-order valence-corrected chi connectivity index (χ3v) is 6.43. The van der Waals surface area contributed by atoms with Gasteiger partial charge in [-0.05, 0) is 62.2 Å². The molecule has 2 aliphatic heterocycles. The summed E-state index contributed by atoms with van der Waals surface area (Å²) in [6.45, 7) is 6.32. The number of phenols is 1. The number of benzene rings is 3. The van der Waals surface area contributed by atoms with Crippen LogP contribution in [0.1, 0.15) is 43.0 Å². The molecule has 0 fully saturated rings. The Balaban J connectivity index is 1.86. The number of anilines is 1. The van der Waals surface area contributed by atoms with Gasteiger partial charge in [0.1, 0.15) is 17.6 Å². The maximum atomic E-state index is 10.5. The predicted molar refractivity (Wildman–Crippen MR) is 136 cm³/mol. The number of halogens is 1. The van der Waals surface area contributed by atoms with Gasteiger partial charge in [0.05, 0.1) is 28.8 Å². The third kappa shape index (κ3) is 3.39. The number of hydrogen-bond acceptors (Lipinski definition) is 5. The van der Waals surface area contributed by atoms with Crippen molar-refractivity contribution < 1.29 is 14.6 Å². The first kappa shape index (κ1) is 21.9. The molecule has 3 aromatic rings. The summed E-state index contributed by atoms with van der Waals surface area (Å²) in [6, 6.07) is 14.9. The van der Waals surface area contributed by atoms with Crippen molar-refractivity contribution in [2.45, 2.75) is 26.3 Å². The number of aromatic hydroxyl groups is 1. The van der Waals surface area contributed by atoms with Crippen LogP contribution in [0.2, 0.25) is 5.02 Å². The zero-order valence-corrected chi connectivity index (χ0v) is 20.0. The average Bonchev–Trinajstić information content (AvgIpc) is 2.78. The molecule has 6 heteroatoms. The highest BCUT2D eigenvalue weighted by Gasteiger charge is 2.33. The molecule has 0 atom stereocenters. The van der Waals surface area contributed by atoms with Crippen LogP contribution in [0.15, 0.2) is 48.5 Å². The highest BCUT2D eigenvalue weighted by atomic mass is 35.5. The van der Waals surface area contributed by atoms with Gasteiger partial charge in [-0.3, -0.25) is 0 Å². The second-order valence-corrected chi connectivity index (χ2v) is 9.41. The molecular weight excluding hydrogens is 448 g/mol. The first-order valence-electron chi connectivity index (χ1n) is 10.9. The van der Waals surface area contributed by atoms with Gasteiger partial charge < -0.3 is 19.9 Å². The topological polar surface area (TPSA) is 74.5 Å². The molecule has 0 bridgehead atoms. The van der Waals surface area contributed by atoms with E-state index in [1.807, 2.05) is 30.3 Å². The number of fused-ring (bicyclic) bond motifs is 5. The molecule has 5 rings (SSSR count). The van der Waals surface area contributed by atoms with Crippen molar-refractivity contribution in [1.29, 1.82) is 5.26 Å². The fourth-order valence-electron chi connectivity index (χ4n) is 4.87. The summed E-state index contributed by atoms with van der Waals surface area (Å²) < 4.78 is 12.0. The number of allylic oxidation sites excluding steroid dienone is 1. The molecule has 5 nitrogen and oxygen atoms in total. The van der Waals surface area contributed by atoms with Gasteiger partial charge in [-0.1, -0.05) is 35.9 Å². The lowest BCUT2D eigenvalue weighted by Gasteiger charge is -2.35. The molecule has 170 valence electrons. The van der Waals surface area contributed by atoms with E-state index < -0.39 is 0 Å². The van der Waals surface area contributed by atoms with Crippen LogP contribution in [-0.4, -0.2) is 17.8 Å². The van der Waals surface area contributed by atoms with Crippen molar-refractivity contribution in [3.63, 3.8) is 0 Å². The van der Waals surface area contributed by atoms with E-state index in [-0.39, 0.29) is 11.3 Å². The van der Waals surface area contributed by atoms with Gasteiger partial charge in [-0.2, -0.15) is 5.26 Å². The third-order valence-electron chi connectivity index (χ3n) is 6.12. The van der Waals surface area contributed by atoms with E-state index >= 15 is 0 Å². The van der Waals surface area contributed by atoms with E-state index in [2.05, 4.69) is 38.2 Å². The van der Waals surface area contributed by atoms with Crippen molar-refractivity contribution in [3.8, 4) is 34.4 Å². The fourth-order valence-corrected chi connectivity index (χ4v) is 5.09. The van der Waals surface area contributed by atoms with Gasteiger partial charge >= 0.3 is 0 Å². The minimum absolute atomic E-state index is 0.0362. The van der Waals surface area contributed by atoms with E-state index in [0.717, 1.165) is 28.0 Å². The highest BCUT2D eigenvalue weighted by Crippen LogP contribution is 2.54. The largest absolute Gasteiger partial charge is 0.504 e. The zero-order valence-electron chi connectivity index (χ0n) is 19.3. The molecule has 0 saturated heterocycles. The molecule has 0 spiro atoms. The second kappa shape index (κ2) is 7.86. The van der Waals surface area contributed by atoms with Gasteiger partial charge in [-0.25, -0.2) is 0 Å². The number of nitrogens with one attached hydrogen (secondary N) is 1. The van der Waals surface area contributed by atoms with Crippen LogP contribution in [0.5, 0.6) is 17.2 Å². The molecule has 2 aliphatic rings. The summed E-state index contributed by atoms with van der Waals surface area (Å²) in [5.74, 6) is 1.53. The van der Waals surface area contributed by atoms with Crippen molar-refractivity contribution in [2.75, 3.05) is 12.4 Å². The molecule has 0 saturated carbocycles. The lowest BCUT2D eigenvalue weighted by molar-refractivity contribution is 0.371. The van der Waals surface area contributed by atoms with Crippen LogP contribution in [0.4, 0.5) is 5.69 Å². The van der Waals surface area contributed by atoms with E-state index in [1.54, 1.807) is 18.2 Å². The van der Waals surface area contributed by atoms with Crippen molar-refractivity contribution in [3.05, 3.63) is 75.8 Å². The Morgan fingerprint density at radius 3 is 2.65 bits per heavy atom. The molecule has 0 aliphatic carbocycles. The second-order valence-electron chi connectivity index (χ2n) is 9.00. The summed E-state index contributed by atoms with van der Waals surface area (Å²) >= 11 is 6.30. The summed E-state index contributed by atoms with van der Waals surface area (Å²) in [4.78, 5) is 0. The van der Waals surface area contributed by atoms with Gasteiger partial charge in [0.2, 0.25) is 0 Å². The Kier molecular flexibility index (Phi) is 5.07. The standard InChI is InChI=1S/C28H23ClN2O3/c1-15-13-28(2,3)31-20-9-8-17-25(24(15)20)23(12-16-6-5-7-19(29)18(16)14-30)34-22-11-10-21(32)27(33-4)26(17)22/h5-13,31-32H,1-4H3. The van der Waals surface area contributed by atoms with Crippen molar-refractivity contribution in [2.24, 2.45) is 0 Å². The Morgan fingerprint density at radius 1 is 1.12 bits per heavy atom. The van der Waals surface area contributed by atoms with Crippen LogP contribution in [0.25, 0.3) is 28.5 Å². The maximum absolute atomic E-state index is 10.5. The molecular formula is C28H23ClN2O3. The molecule has 2 heterocycles. The van der Waals surface area contributed by atoms with E-state index in [0.29, 0.717) is 39.0 Å². The van der Waals surface area contributed by atoms with Crippen LogP contribution in [0.3, 0.4) is 0 Å². The average molecular weight is 471 g/mol.